The van der Waals surface area contributed by atoms with Gasteiger partial charge in [-0.15, -0.1) is 0 Å². The zero-order chi connectivity index (χ0) is 24.0. The lowest BCUT2D eigenvalue weighted by Gasteiger charge is -2.27. The molecule has 5 unspecified atom stereocenters. The summed E-state index contributed by atoms with van der Waals surface area (Å²) in [5.74, 6) is -3.96. The summed E-state index contributed by atoms with van der Waals surface area (Å²) in [4.78, 5) is 12.8. The molecule has 5 atom stereocenters. The number of benzene rings is 2. The van der Waals surface area contributed by atoms with Crippen LogP contribution in [0.15, 0.2) is 39.5 Å². The average Bonchev–Trinajstić information content (AvgIpc) is 2.86. The number of hydrogen-bond donors (Lipinski definition) is 7. The molecule has 33 heavy (non-hydrogen) atoms. The lowest BCUT2D eigenvalue weighted by molar-refractivity contribution is -0.153. The first-order valence-electron chi connectivity index (χ1n) is 9.96. The van der Waals surface area contributed by atoms with Crippen molar-refractivity contribution >= 4 is 11.0 Å². The Kier molecular flexibility index (Phi) is 5.80. The molecule has 7 N–H and O–H groups in total. The minimum Gasteiger partial charge on any atom is -0.508 e. The summed E-state index contributed by atoms with van der Waals surface area (Å²) in [6.45, 7) is 1.06. The standard InChI is InChI=1S/C22H22O11/c1-8-15(27)13(26)7-31-22(16(8)28)33-20-12(25)6-11(24)14-17(29)18(30)19(32-21(14)20)9-2-4-10(23)5-3-9/h2-6,8,13,15-16,22-28,30H,7H2,1H3. The molecule has 0 aliphatic carbocycles. The molecule has 11 nitrogen and oxygen atoms in total. The highest BCUT2D eigenvalue weighted by Crippen LogP contribution is 2.43. The molecule has 1 aliphatic rings. The van der Waals surface area contributed by atoms with E-state index in [1.54, 1.807) is 0 Å². The van der Waals surface area contributed by atoms with Crippen molar-refractivity contribution in [3.63, 3.8) is 0 Å². The summed E-state index contributed by atoms with van der Waals surface area (Å²) < 4.78 is 16.6. The summed E-state index contributed by atoms with van der Waals surface area (Å²) in [6.07, 6.45) is -5.57. The molecule has 176 valence electrons. The molecule has 3 aromatic rings. The fourth-order valence-electron chi connectivity index (χ4n) is 3.64. The van der Waals surface area contributed by atoms with Crippen LogP contribution >= 0.6 is 0 Å². The Labute approximate surface area is 185 Å². The van der Waals surface area contributed by atoms with Gasteiger partial charge in [0.15, 0.2) is 17.1 Å². The van der Waals surface area contributed by atoms with Crippen molar-refractivity contribution in [3.8, 4) is 40.1 Å². The number of phenols is 3. The number of aliphatic hydroxyl groups excluding tert-OH is 3. The van der Waals surface area contributed by atoms with E-state index in [1.165, 1.54) is 31.2 Å². The molecule has 1 aromatic heterocycles. The Bertz CT molecular complexity index is 1230. The van der Waals surface area contributed by atoms with Gasteiger partial charge < -0.3 is 49.6 Å². The van der Waals surface area contributed by atoms with Gasteiger partial charge in [0.25, 0.3) is 0 Å². The van der Waals surface area contributed by atoms with Gasteiger partial charge in [0.05, 0.1) is 12.7 Å². The molecule has 1 saturated heterocycles. The highest BCUT2D eigenvalue weighted by atomic mass is 16.7. The fraction of sp³-hybridized carbons (Fsp3) is 0.318. The van der Waals surface area contributed by atoms with E-state index in [0.717, 1.165) is 6.07 Å². The first-order chi connectivity index (χ1) is 15.6. The molecule has 0 amide bonds. The zero-order valence-corrected chi connectivity index (χ0v) is 17.2. The van der Waals surface area contributed by atoms with E-state index in [-0.39, 0.29) is 17.1 Å². The maximum atomic E-state index is 12.8. The normalized spacial score (nSPS) is 25.6. The highest BCUT2D eigenvalue weighted by Gasteiger charge is 2.40. The third-order valence-corrected chi connectivity index (χ3v) is 5.60. The van der Waals surface area contributed by atoms with Crippen LogP contribution in [0.3, 0.4) is 0 Å². The molecule has 11 heteroatoms. The third kappa shape index (κ3) is 3.91. The number of rotatable bonds is 3. The Balaban J connectivity index is 1.88. The largest absolute Gasteiger partial charge is 0.508 e. The van der Waals surface area contributed by atoms with E-state index in [1.807, 2.05) is 0 Å². The van der Waals surface area contributed by atoms with Crippen LogP contribution in [0, 0.1) is 5.92 Å². The molecule has 0 radical (unpaired) electrons. The van der Waals surface area contributed by atoms with Crippen molar-refractivity contribution in [3.05, 3.63) is 40.6 Å². The molecule has 1 aliphatic heterocycles. The maximum absolute atomic E-state index is 12.8. The van der Waals surface area contributed by atoms with Crippen LogP contribution < -0.4 is 10.2 Å². The molecule has 0 bridgehead atoms. The van der Waals surface area contributed by atoms with Gasteiger partial charge in [-0.1, -0.05) is 6.92 Å². The van der Waals surface area contributed by atoms with E-state index in [0.29, 0.717) is 0 Å². The third-order valence-electron chi connectivity index (χ3n) is 5.60. The van der Waals surface area contributed by atoms with E-state index >= 15 is 0 Å². The predicted octanol–water partition coefficient (Wildman–Crippen LogP) is 0.736. The Morgan fingerprint density at radius 1 is 0.970 bits per heavy atom. The second-order valence-electron chi connectivity index (χ2n) is 7.83. The lowest BCUT2D eigenvalue weighted by atomic mass is 9.95. The molecular formula is C22H22O11. The van der Waals surface area contributed by atoms with Crippen molar-refractivity contribution in [2.75, 3.05) is 6.61 Å². The summed E-state index contributed by atoms with van der Waals surface area (Å²) in [6, 6.07) is 6.12. The Morgan fingerprint density at radius 2 is 1.64 bits per heavy atom. The van der Waals surface area contributed by atoms with Gasteiger partial charge in [-0.2, -0.15) is 0 Å². The van der Waals surface area contributed by atoms with Gasteiger partial charge in [-0.05, 0) is 24.3 Å². The summed E-state index contributed by atoms with van der Waals surface area (Å²) in [7, 11) is 0. The number of aromatic hydroxyl groups is 4. The van der Waals surface area contributed by atoms with Crippen LogP contribution in [0.25, 0.3) is 22.3 Å². The van der Waals surface area contributed by atoms with Crippen molar-refractivity contribution in [1.82, 2.24) is 0 Å². The first-order valence-corrected chi connectivity index (χ1v) is 9.96. The smallest absolute Gasteiger partial charge is 0.238 e. The number of aliphatic hydroxyl groups is 3. The van der Waals surface area contributed by atoms with E-state index in [2.05, 4.69) is 0 Å². The molecule has 0 spiro atoms. The number of fused-ring (bicyclic) bond motifs is 1. The number of phenolic OH excluding ortho intramolecular Hbond substituents is 3. The highest BCUT2D eigenvalue weighted by molar-refractivity contribution is 5.93. The van der Waals surface area contributed by atoms with Gasteiger partial charge in [0.1, 0.15) is 29.1 Å². The van der Waals surface area contributed by atoms with Gasteiger partial charge in [-0.25, -0.2) is 0 Å². The van der Waals surface area contributed by atoms with E-state index in [4.69, 9.17) is 13.9 Å². The molecular weight excluding hydrogens is 440 g/mol. The van der Waals surface area contributed by atoms with Gasteiger partial charge >= 0.3 is 0 Å². The van der Waals surface area contributed by atoms with E-state index in [9.17, 15) is 40.5 Å². The Hall–Kier alpha value is -3.51. The van der Waals surface area contributed by atoms with Crippen LogP contribution in [0.1, 0.15) is 6.92 Å². The maximum Gasteiger partial charge on any atom is 0.238 e. The molecule has 2 aromatic carbocycles. The first kappa shape index (κ1) is 22.7. The van der Waals surface area contributed by atoms with Crippen LogP contribution in [-0.4, -0.2) is 67.0 Å². The minimum absolute atomic E-state index is 0.0707. The second-order valence-corrected chi connectivity index (χ2v) is 7.83. The summed E-state index contributed by atoms with van der Waals surface area (Å²) >= 11 is 0. The molecule has 1 fully saturated rings. The fourth-order valence-corrected chi connectivity index (χ4v) is 3.64. The number of ether oxygens (including phenoxy) is 2. The summed E-state index contributed by atoms with van der Waals surface area (Å²) in [5.41, 5.74) is -1.28. The van der Waals surface area contributed by atoms with Crippen LogP contribution in [0.2, 0.25) is 0 Å². The molecule has 4 rings (SSSR count). The SMILES string of the molecule is CC1C(O)C(O)COC(Oc2c(O)cc(O)c3c(=O)c(O)c(-c4ccc(O)cc4)oc23)C1O. The zero-order valence-electron chi connectivity index (χ0n) is 17.2. The van der Waals surface area contributed by atoms with Gasteiger partial charge in [0.2, 0.25) is 23.2 Å². The predicted molar refractivity (Wildman–Crippen MR) is 112 cm³/mol. The summed E-state index contributed by atoms with van der Waals surface area (Å²) in [5, 5.41) is 70.5. The van der Waals surface area contributed by atoms with Crippen molar-refractivity contribution in [2.24, 2.45) is 5.92 Å². The minimum atomic E-state index is -1.50. The van der Waals surface area contributed by atoms with Gasteiger partial charge in [-0.3, -0.25) is 4.79 Å². The lowest BCUT2D eigenvalue weighted by Crippen LogP contribution is -2.41. The van der Waals surface area contributed by atoms with Crippen molar-refractivity contribution in [1.29, 1.82) is 0 Å². The average molecular weight is 462 g/mol. The second kappa shape index (κ2) is 8.45. The van der Waals surface area contributed by atoms with Gasteiger partial charge in [0, 0.05) is 17.5 Å². The van der Waals surface area contributed by atoms with Crippen molar-refractivity contribution < 1.29 is 49.6 Å². The monoisotopic (exact) mass is 462 g/mol. The van der Waals surface area contributed by atoms with Crippen LogP contribution in [0.5, 0.6) is 28.7 Å². The quantitative estimate of drug-likeness (QED) is 0.290. The molecule has 0 saturated carbocycles. The van der Waals surface area contributed by atoms with Crippen molar-refractivity contribution in [2.45, 2.75) is 31.5 Å². The number of hydrogen-bond acceptors (Lipinski definition) is 11. The Morgan fingerprint density at radius 3 is 2.30 bits per heavy atom. The topological polar surface area (TPSA) is 190 Å². The van der Waals surface area contributed by atoms with E-state index < -0.39 is 76.5 Å². The van der Waals surface area contributed by atoms with Crippen LogP contribution in [0.4, 0.5) is 0 Å². The van der Waals surface area contributed by atoms with Crippen LogP contribution in [-0.2, 0) is 4.74 Å². The molecule has 2 heterocycles.